The number of hydrogen-bond acceptors (Lipinski definition) is 3. The Labute approximate surface area is 121 Å². The van der Waals surface area contributed by atoms with Crippen molar-refractivity contribution in [2.24, 2.45) is 0 Å². The van der Waals surface area contributed by atoms with E-state index in [1.54, 1.807) is 24.3 Å². The number of carbonyl (C=O) groups excluding carboxylic acids is 3. The SMILES string of the molecule is CC(=O)Nc1cccc(NC(=O)C(=O)NCCCCl)c1. The second-order valence-corrected chi connectivity index (χ2v) is 4.39. The summed E-state index contributed by atoms with van der Waals surface area (Å²) in [7, 11) is 0. The first kappa shape index (κ1) is 16.0. The predicted octanol–water partition coefficient (Wildman–Crippen LogP) is 1.33. The number of rotatable bonds is 5. The lowest BCUT2D eigenvalue weighted by Gasteiger charge is -2.08. The number of nitrogens with one attached hydrogen (secondary N) is 3. The molecule has 0 aliphatic rings. The molecule has 0 bridgehead atoms. The Kier molecular flexibility index (Phi) is 6.52. The van der Waals surface area contributed by atoms with E-state index in [0.29, 0.717) is 30.2 Å². The Balaban J connectivity index is 2.57. The van der Waals surface area contributed by atoms with E-state index in [9.17, 15) is 14.4 Å². The zero-order valence-electron chi connectivity index (χ0n) is 11.0. The van der Waals surface area contributed by atoms with Gasteiger partial charge in [-0.25, -0.2) is 0 Å². The van der Waals surface area contributed by atoms with E-state index in [2.05, 4.69) is 16.0 Å². The van der Waals surface area contributed by atoms with Crippen molar-refractivity contribution in [3.05, 3.63) is 24.3 Å². The molecule has 0 heterocycles. The zero-order chi connectivity index (χ0) is 15.0. The predicted molar refractivity (Wildman–Crippen MR) is 77.7 cm³/mol. The highest BCUT2D eigenvalue weighted by Crippen LogP contribution is 2.14. The Hall–Kier alpha value is -2.08. The average Bonchev–Trinajstić information content (AvgIpc) is 2.38. The molecule has 0 fully saturated rings. The Bertz CT molecular complexity index is 505. The minimum atomic E-state index is -0.764. The van der Waals surface area contributed by atoms with Gasteiger partial charge in [-0.15, -0.1) is 11.6 Å². The quantitative estimate of drug-likeness (QED) is 0.435. The minimum Gasteiger partial charge on any atom is -0.348 e. The van der Waals surface area contributed by atoms with Crippen LogP contribution in [0.4, 0.5) is 11.4 Å². The number of carbonyl (C=O) groups is 3. The summed E-state index contributed by atoms with van der Waals surface area (Å²) in [6.45, 7) is 1.73. The second-order valence-electron chi connectivity index (χ2n) is 4.01. The molecule has 0 aliphatic carbocycles. The molecule has 108 valence electrons. The smallest absolute Gasteiger partial charge is 0.313 e. The summed E-state index contributed by atoms with van der Waals surface area (Å²) in [4.78, 5) is 34.0. The van der Waals surface area contributed by atoms with Crippen molar-refractivity contribution >= 4 is 40.7 Å². The fraction of sp³-hybridized carbons (Fsp3) is 0.308. The van der Waals surface area contributed by atoms with Crippen LogP contribution in [0.2, 0.25) is 0 Å². The third-order valence-electron chi connectivity index (χ3n) is 2.24. The van der Waals surface area contributed by atoms with E-state index in [0.717, 1.165) is 0 Å². The highest BCUT2D eigenvalue weighted by molar-refractivity contribution is 6.39. The summed E-state index contributed by atoms with van der Waals surface area (Å²) in [5, 5.41) is 7.48. The average molecular weight is 298 g/mol. The molecule has 1 aromatic rings. The van der Waals surface area contributed by atoms with Gasteiger partial charge in [-0.1, -0.05) is 6.07 Å². The van der Waals surface area contributed by atoms with Crippen molar-refractivity contribution in [1.82, 2.24) is 5.32 Å². The molecular weight excluding hydrogens is 282 g/mol. The molecule has 0 aromatic heterocycles. The van der Waals surface area contributed by atoms with Crippen molar-refractivity contribution in [2.45, 2.75) is 13.3 Å². The third-order valence-corrected chi connectivity index (χ3v) is 2.51. The van der Waals surface area contributed by atoms with Crippen LogP contribution in [0.5, 0.6) is 0 Å². The first-order valence-corrected chi connectivity index (χ1v) is 6.59. The molecule has 1 rings (SSSR count). The van der Waals surface area contributed by atoms with Gasteiger partial charge in [0, 0.05) is 30.7 Å². The van der Waals surface area contributed by atoms with E-state index in [-0.39, 0.29) is 5.91 Å². The maximum Gasteiger partial charge on any atom is 0.313 e. The lowest BCUT2D eigenvalue weighted by Crippen LogP contribution is -2.36. The van der Waals surface area contributed by atoms with Gasteiger partial charge < -0.3 is 16.0 Å². The number of halogens is 1. The number of benzene rings is 1. The molecule has 0 saturated heterocycles. The first-order valence-electron chi connectivity index (χ1n) is 6.05. The van der Waals surface area contributed by atoms with Crippen molar-refractivity contribution in [2.75, 3.05) is 23.1 Å². The summed E-state index contributed by atoms with van der Waals surface area (Å²) in [5.41, 5.74) is 0.964. The van der Waals surface area contributed by atoms with Crippen LogP contribution in [0.1, 0.15) is 13.3 Å². The van der Waals surface area contributed by atoms with Gasteiger partial charge in [0.25, 0.3) is 0 Å². The van der Waals surface area contributed by atoms with Crippen molar-refractivity contribution < 1.29 is 14.4 Å². The summed E-state index contributed by atoms with van der Waals surface area (Å²) in [6.07, 6.45) is 0.596. The van der Waals surface area contributed by atoms with Crippen LogP contribution in [0, 0.1) is 0 Å². The van der Waals surface area contributed by atoms with Crippen LogP contribution in [0.3, 0.4) is 0 Å². The highest BCUT2D eigenvalue weighted by atomic mass is 35.5. The number of anilines is 2. The maximum atomic E-state index is 11.6. The van der Waals surface area contributed by atoms with Gasteiger partial charge in [0.2, 0.25) is 5.91 Å². The van der Waals surface area contributed by atoms with Crippen molar-refractivity contribution in [3.63, 3.8) is 0 Å². The molecule has 6 nitrogen and oxygen atoms in total. The second kappa shape index (κ2) is 8.16. The minimum absolute atomic E-state index is 0.215. The molecule has 0 atom stereocenters. The van der Waals surface area contributed by atoms with E-state index in [4.69, 9.17) is 11.6 Å². The van der Waals surface area contributed by atoms with Gasteiger partial charge in [-0.05, 0) is 24.6 Å². The highest BCUT2D eigenvalue weighted by Gasteiger charge is 2.12. The van der Waals surface area contributed by atoms with Crippen molar-refractivity contribution in [1.29, 1.82) is 0 Å². The Morgan fingerprint density at radius 2 is 1.75 bits per heavy atom. The van der Waals surface area contributed by atoms with Gasteiger partial charge in [-0.2, -0.15) is 0 Å². The molecule has 7 heteroatoms. The zero-order valence-corrected chi connectivity index (χ0v) is 11.8. The third kappa shape index (κ3) is 5.71. The summed E-state index contributed by atoms with van der Waals surface area (Å²) >= 11 is 5.47. The standard InChI is InChI=1S/C13H16ClN3O3/c1-9(18)16-10-4-2-5-11(8-10)17-13(20)12(19)15-7-3-6-14/h2,4-5,8H,3,6-7H2,1H3,(H,15,19)(H,16,18)(H,17,20). The van der Waals surface area contributed by atoms with Gasteiger partial charge in [-0.3, -0.25) is 14.4 Å². The molecular formula is C13H16ClN3O3. The van der Waals surface area contributed by atoms with Gasteiger partial charge in [0.15, 0.2) is 0 Å². The lowest BCUT2D eigenvalue weighted by molar-refractivity contribution is -0.136. The number of hydrogen-bond donors (Lipinski definition) is 3. The molecule has 3 N–H and O–H groups in total. The van der Waals surface area contributed by atoms with Crippen LogP contribution in [-0.2, 0) is 14.4 Å². The molecule has 20 heavy (non-hydrogen) atoms. The monoisotopic (exact) mass is 297 g/mol. The van der Waals surface area contributed by atoms with E-state index in [1.807, 2.05) is 0 Å². The fourth-order valence-electron chi connectivity index (χ4n) is 1.41. The first-order chi connectivity index (χ1) is 9.52. The maximum absolute atomic E-state index is 11.6. The Morgan fingerprint density at radius 3 is 2.35 bits per heavy atom. The van der Waals surface area contributed by atoms with Crippen LogP contribution >= 0.6 is 11.6 Å². The van der Waals surface area contributed by atoms with Gasteiger partial charge >= 0.3 is 11.8 Å². The van der Waals surface area contributed by atoms with E-state index < -0.39 is 11.8 Å². The summed E-state index contributed by atoms with van der Waals surface area (Å²) in [6, 6.07) is 6.52. The van der Waals surface area contributed by atoms with E-state index in [1.165, 1.54) is 6.92 Å². The largest absolute Gasteiger partial charge is 0.348 e. The summed E-state index contributed by atoms with van der Waals surface area (Å²) < 4.78 is 0. The Morgan fingerprint density at radius 1 is 1.10 bits per heavy atom. The molecule has 0 radical (unpaired) electrons. The molecule has 0 spiro atoms. The summed E-state index contributed by atoms with van der Waals surface area (Å²) in [5.74, 6) is -1.28. The van der Waals surface area contributed by atoms with Crippen LogP contribution in [-0.4, -0.2) is 30.1 Å². The number of amides is 3. The molecule has 0 aliphatic heterocycles. The lowest BCUT2D eigenvalue weighted by atomic mass is 10.2. The molecule has 1 aromatic carbocycles. The van der Waals surface area contributed by atoms with Crippen LogP contribution in [0.15, 0.2) is 24.3 Å². The van der Waals surface area contributed by atoms with Gasteiger partial charge in [0.1, 0.15) is 0 Å². The van der Waals surface area contributed by atoms with Crippen LogP contribution in [0.25, 0.3) is 0 Å². The topological polar surface area (TPSA) is 87.3 Å². The molecule has 3 amide bonds. The van der Waals surface area contributed by atoms with E-state index >= 15 is 0 Å². The normalized spacial score (nSPS) is 9.70. The fourth-order valence-corrected chi connectivity index (χ4v) is 1.55. The van der Waals surface area contributed by atoms with Gasteiger partial charge in [0.05, 0.1) is 0 Å². The van der Waals surface area contributed by atoms with Crippen LogP contribution < -0.4 is 16.0 Å². The molecule has 0 unspecified atom stereocenters. The van der Waals surface area contributed by atoms with Crippen molar-refractivity contribution in [3.8, 4) is 0 Å². The number of alkyl halides is 1. The molecule has 0 saturated carbocycles.